The molecular weight excluding hydrogens is 354 g/mol. The number of carbonyl (C=O) groups is 2. The molecular formula is C21H29N5O2. The van der Waals surface area contributed by atoms with Gasteiger partial charge in [-0.3, -0.25) is 9.48 Å². The summed E-state index contributed by atoms with van der Waals surface area (Å²) in [7, 11) is 0. The Morgan fingerprint density at radius 1 is 1.25 bits per heavy atom. The standard InChI is InChI=1S/C21H29N5O2/c1-5-18-15(3)24-26(16(18)4)12-10-22-21(28)23-19-13-17(9-8-14(19)2)25-11-6-7-20(25)27/h8-9,13H,5-7,10-12H2,1-4H3,(H2,22,23,28). The largest absolute Gasteiger partial charge is 0.336 e. The average molecular weight is 383 g/mol. The minimum atomic E-state index is -0.259. The molecule has 0 unspecified atom stereocenters. The zero-order valence-corrected chi connectivity index (χ0v) is 17.1. The number of urea groups is 1. The minimum absolute atomic E-state index is 0.135. The Morgan fingerprint density at radius 3 is 2.68 bits per heavy atom. The molecule has 1 aliphatic rings. The van der Waals surface area contributed by atoms with Gasteiger partial charge in [0.1, 0.15) is 0 Å². The second-order valence-electron chi connectivity index (χ2n) is 7.26. The van der Waals surface area contributed by atoms with Crippen LogP contribution in [0.1, 0.15) is 42.3 Å². The van der Waals surface area contributed by atoms with Crippen molar-refractivity contribution >= 4 is 23.3 Å². The summed E-state index contributed by atoms with van der Waals surface area (Å²) in [4.78, 5) is 26.1. The van der Waals surface area contributed by atoms with Crippen molar-refractivity contribution in [2.45, 2.75) is 53.5 Å². The molecule has 2 heterocycles. The first-order valence-electron chi connectivity index (χ1n) is 9.89. The summed E-state index contributed by atoms with van der Waals surface area (Å²) in [5.41, 5.74) is 5.98. The van der Waals surface area contributed by atoms with Crippen molar-refractivity contribution < 1.29 is 9.59 Å². The number of hydrogen-bond donors (Lipinski definition) is 2. The number of aromatic nitrogens is 2. The normalized spacial score (nSPS) is 13.9. The molecule has 0 atom stereocenters. The minimum Gasteiger partial charge on any atom is -0.336 e. The van der Waals surface area contributed by atoms with Crippen LogP contribution in [0.5, 0.6) is 0 Å². The highest BCUT2D eigenvalue weighted by Crippen LogP contribution is 2.26. The Morgan fingerprint density at radius 2 is 2.04 bits per heavy atom. The maximum atomic E-state index is 12.3. The lowest BCUT2D eigenvalue weighted by Gasteiger charge is -2.18. The number of carbonyl (C=O) groups excluding carboxylic acids is 2. The molecule has 2 aromatic rings. The molecule has 1 saturated heterocycles. The van der Waals surface area contributed by atoms with E-state index < -0.39 is 0 Å². The van der Waals surface area contributed by atoms with Crippen LogP contribution >= 0.6 is 0 Å². The molecule has 3 amide bonds. The van der Waals surface area contributed by atoms with Crippen LogP contribution in [-0.2, 0) is 17.8 Å². The molecule has 150 valence electrons. The molecule has 0 spiro atoms. The van der Waals surface area contributed by atoms with E-state index in [-0.39, 0.29) is 11.9 Å². The molecule has 1 fully saturated rings. The van der Waals surface area contributed by atoms with Gasteiger partial charge in [0.05, 0.1) is 12.2 Å². The summed E-state index contributed by atoms with van der Waals surface area (Å²) in [5.74, 6) is 0.135. The van der Waals surface area contributed by atoms with E-state index in [0.29, 0.717) is 25.2 Å². The number of amides is 3. The molecule has 2 N–H and O–H groups in total. The van der Waals surface area contributed by atoms with Crippen LogP contribution < -0.4 is 15.5 Å². The fraction of sp³-hybridized carbons (Fsp3) is 0.476. The lowest BCUT2D eigenvalue weighted by atomic mass is 10.1. The van der Waals surface area contributed by atoms with E-state index in [2.05, 4.69) is 29.6 Å². The number of nitrogens with zero attached hydrogens (tertiary/aromatic N) is 3. The maximum Gasteiger partial charge on any atom is 0.319 e. The first kappa shape index (κ1) is 19.9. The van der Waals surface area contributed by atoms with Crippen LogP contribution in [0, 0.1) is 20.8 Å². The highest BCUT2D eigenvalue weighted by Gasteiger charge is 2.22. The van der Waals surface area contributed by atoms with E-state index in [4.69, 9.17) is 0 Å². The smallest absolute Gasteiger partial charge is 0.319 e. The molecule has 0 aliphatic carbocycles. The van der Waals surface area contributed by atoms with Crippen molar-refractivity contribution in [1.82, 2.24) is 15.1 Å². The first-order chi connectivity index (χ1) is 13.4. The van der Waals surface area contributed by atoms with E-state index in [1.807, 2.05) is 36.7 Å². The predicted octanol–water partition coefficient (Wildman–Crippen LogP) is 3.32. The molecule has 0 radical (unpaired) electrons. The van der Waals surface area contributed by atoms with Crippen LogP contribution in [-0.4, -0.2) is 34.8 Å². The SMILES string of the molecule is CCc1c(C)nn(CCNC(=O)Nc2cc(N3CCCC3=O)ccc2C)c1C. The third kappa shape index (κ3) is 4.18. The molecule has 0 bridgehead atoms. The second kappa shape index (κ2) is 8.46. The van der Waals surface area contributed by atoms with Crippen LogP contribution in [0.15, 0.2) is 18.2 Å². The number of anilines is 2. The van der Waals surface area contributed by atoms with Gasteiger partial charge in [-0.2, -0.15) is 5.10 Å². The number of aryl methyl sites for hydroxylation is 2. The van der Waals surface area contributed by atoms with Gasteiger partial charge in [0, 0.05) is 36.6 Å². The van der Waals surface area contributed by atoms with Gasteiger partial charge in [0.2, 0.25) is 5.91 Å². The summed E-state index contributed by atoms with van der Waals surface area (Å²) >= 11 is 0. The Hall–Kier alpha value is -2.83. The van der Waals surface area contributed by atoms with E-state index >= 15 is 0 Å². The lowest BCUT2D eigenvalue weighted by Crippen LogP contribution is -2.32. The zero-order valence-electron chi connectivity index (χ0n) is 17.1. The summed E-state index contributed by atoms with van der Waals surface area (Å²) < 4.78 is 1.94. The van der Waals surface area contributed by atoms with E-state index in [0.717, 1.165) is 42.0 Å². The fourth-order valence-electron chi connectivity index (χ4n) is 3.74. The molecule has 1 aromatic carbocycles. The Bertz CT molecular complexity index is 887. The van der Waals surface area contributed by atoms with Gasteiger partial charge in [0.25, 0.3) is 0 Å². The fourth-order valence-corrected chi connectivity index (χ4v) is 3.74. The van der Waals surface area contributed by atoms with Crippen molar-refractivity contribution in [3.8, 4) is 0 Å². The van der Waals surface area contributed by atoms with Crippen LogP contribution in [0.25, 0.3) is 0 Å². The van der Waals surface area contributed by atoms with Gasteiger partial charge < -0.3 is 15.5 Å². The zero-order chi connectivity index (χ0) is 20.3. The van der Waals surface area contributed by atoms with Crippen molar-refractivity contribution in [2.24, 2.45) is 0 Å². The summed E-state index contributed by atoms with van der Waals surface area (Å²) in [6, 6.07) is 5.46. The third-order valence-corrected chi connectivity index (χ3v) is 5.35. The van der Waals surface area contributed by atoms with Gasteiger partial charge in [-0.15, -0.1) is 0 Å². The van der Waals surface area contributed by atoms with Crippen LogP contribution in [0.4, 0.5) is 16.2 Å². The lowest BCUT2D eigenvalue weighted by molar-refractivity contribution is -0.117. The molecule has 1 aromatic heterocycles. The highest BCUT2D eigenvalue weighted by atomic mass is 16.2. The number of nitrogens with one attached hydrogen (secondary N) is 2. The van der Waals surface area contributed by atoms with E-state index in [1.54, 1.807) is 4.90 Å². The van der Waals surface area contributed by atoms with Gasteiger partial charge in [0.15, 0.2) is 0 Å². The van der Waals surface area contributed by atoms with Crippen molar-refractivity contribution in [3.63, 3.8) is 0 Å². The average Bonchev–Trinajstić information content (AvgIpc) is 3.20. The summed E-state index contributed by atoms with van der Waals surface area (Å²) in [6.07, 6.45) is 2.42. The van der Waals surface area contributed by atoms with Crippen molar-refractivity contribution in [2.75, 3.05) is 23.3 Å². The number of rotatable bonds is 6. The second-order valence-corrected chi connectivity index (χ2v) is 7.26. The molecule has 0 saturated carbocycles. The molecule has 7 nitrogen and oxygen atoms in total. The van der Waals surface area contributed by atoms with E-state index in [9.17, 15) is 9.59 Å². The third-order valence-electron chi connectivity index (χ3n) is 5.35. The first-order valence-corrected chi connectivity index (χ1v) is 9.89. The van der Waals surface area contributed by atoms with Crippen LogP contribution in [0.2, 0.25) is 0 Å². The molecule has 1 aliphatic heterocycles. The van der Waals surface area contributed by atoms with E-state index in [1.165, 1.54) is 5.56 Å². The number of hydrogen-bond acceptors (Lipinski definition) is 3. The Balaban J connectivity index is 1.58. The molecule has 28 heavy (non-hydrogen) atoms. The summed E-state index contributed by atoms with van der Waals surface area (Å²) in [5, 5.41) is 10.3. The van der Waals surface area contributed by atoms with Crippen molar-refractivity contribution in [1.29, 1.82) is 0 Å². The predicted molar refractivity (Wildman–Crippen MR) is 111 cm³/mol. The molecule has 3 rings (SSSR count). The molecule has 7 heteroatoms. The maximum absolute atomic E-state index is 12.3. The Labute approximate surface area is 166 Å². The van der Waals surface area contributed by atoms with Crippen LogP contribution in [0.3, 0.4) is 0 Å². The summed E-state index contributed by atoms with van der Waals surface area (Å²) in [6.45, 7) is 9.99. The quantitative estimate of drug-likeness (QED) is 0.803. The van der Waals surface area contributed by atoms with Gasteiger partial charge >= 0.3 is 6.03 Å². The highest BCUT2D eigenvalue weighted by molar-refractivity contribution is 5.97. The topological polar surface area (TPSA) is 79.3 Å². The van der Waals surface area contributed by atoms with Gasteiger partial charge in [-0.05, 0) is 56.9 Å². The van der Waals surface area contributed by atoms with Gasteiger partial charge in [-0.1, -0.05) is 13.0 Å². The number of benzene rings is 1. The van der Waals surface area contributed by atoms with Crippen molar-refractivity contribution in [3.05, 3.63) is 40.7 Å². The van der Waals surface area contributed by atoms with Gasteiger partial charge in [-0.25, -0.2) is 4.79 Å². The Kier molecular flexibility index (Phi) is 6.02. The monoisotopic (exact) mass is 383 g/mol.